The van der Waals surface area contributed by atoms with Crippen LogP contribution in [0.5, 0.6) is 0 Å². The predicted molar refractivity (Wildman–Crippen MR) is 238 cm³/mol. The molecule has 8 heteroatoms. The third-order valence-corrected chi connectivity index (χ3v) is 11.5. The third kappa shape index (κ3) is 5.02. The number of H-pyrrole nitrogens is 2. The van der Waals surface area contributed by atoms with Crippen molar-refractivity contribution in [2.24, 2.45) is 10.2 Å². The smallest absolute Gasteiger partial charge is 0.273 e. The fourth-order valence-electron chi connectivity index (χ4n) is 8.75. The molecular weight excluding hydrogens is 713 g/mol. The van der Waals surface area contributed by atoms with Crippen LogP contribution in [0.4, 0.5) is 11.8 Å². The number of aromatic amines is 2. The number of aromatic nitrogens is 6. The number of fused-ring (bicyclic) bond motifs is 16. The van der Waals surface area contributed by atoms with Crippen molar-refractivity contribution in [2.45, 2.75) is 0 Å². The Bertz CT molecular complexity index is 3870. The minimum absolute atomic E-state index is 0.250. The van der Waals surface area contributed by atoms with Crippen molar-refractivity contribution in [2.75, 3.05) is 0 Å². The van der Waals surface area contributed by atoms with E-state index in [9.17, 15) is 0 Å². The summed E-state index contributed by atoms with van der Waals surface area (Å²) in [5.74, 6) is 0.715. The second kappa shape index (κ2) is 11.7. The number of azo groups is 1. The van der Waals surface area contributed by atoms with Crippen molar-refractivity contribution in [3.63, 3.8) is 0 Å². The summed E-state index contributed by atoms with van der Waals surface area (Å²) in [7, 11) is 0. The van der Waals surface area contributed by atoms with Gasteiger partial charge in [-0.2, -0.15) is 9.97 Å². The van der Waals surface area contributed by atoms with E-state index in [0.29, 0.717) is 22.8 Å². The van der Waals surface area contributed by atoms with E-state index in [1.807, 2.05) is 42.5 Å². The molecule has 58 heavy (non-hydrogen) atoms. The van der Waals surface area contributed by atoms with E-state index in [1.54, 1.807) is 0 Å². The maximum Gasteiger partial charge on any atom is 0.273 e. The fourth-order valence-corrected chi connectivity index (χ4v) is 8.75. The normalized spacial score (nSPS) is 12.7. The molecule has 0 radical (unpaired) electrons. The van der Waals surface area contributed by atoms with Gasteiger partial charge in [-0.05, 0) is 166 Å². The highest BCUT2D eigenvalue weighted by molar-refractivity contribution is 6.18. The summed E-state index contributed by atoms with van der Waals surface area (Å²) >= 11 is 0. The van der Waals surface area contributed by atoms with Crippen molar-refractivity contribution in [3.05, 3.63) is 157 Å². The van der Waals surface area contributed by atoms with Crippen molar-refractivity contribution in [1.82, 2.24) is 29.9 Å². The molecule has 0 saturated carbocycles. The maximum atomic E-state index is 5.12. The van der Waals surface area contributed by atoms with E-state index in [-0.39, 0.29) is 5.95 Å². The summed E-state index contributed by atoms with van der Waals surface area (Å²) in [6, 6.07) is 52.4. The van der Waals surface area contributed by atoms with Gasteiger partial charge in [0.2, 0.25) is 0 Å². The molecule has 0 unspecified atom stereocenters. The maximum absolute atomic E-state index is 5.12. The van der Waals surface area contributed by atoms with Gasteiger partial charge in [0.25, 0.3) is 5.95 Å². The molecule has 13 rings (SSSR count). The molecule has 3 aromatic heterocycles. The van der Waals surface area contributed by atoms with Crippen LogP contribution in [0.15, 0.2) is 156 Å². The molecule has 0 spiro atoms. The summed E-state index contributed by atoms with van der Waals surface area (Å²) in [5.41, 5.74) is 6.23. The molecule has 11 aromatic rings. The summed E-state index contributed by atoms with van der Waals surface area (Å²) < 4.78 is 0. The van der Waals surface area contributed by atoms with Gasteiger partial charge in [0.15, 0.2) is 11.5 Å². The van der Waals surface area contributed by atoms with Gasteiger partial charge >= 0.3 is 0 Å². The van der Waals surface area contributed by atoms with Gasteiger partial charge in [0.1, 0.15) is 11.3 Å². The Morgan fingerprint density at radius 2 is 0.931 bits per heavy atom. The molecule has 8 aromatic carbocycles. The molecule has 0 aliphatic carbocycles. The molecule has 0 saturated heterocycles. The SMILES string of the molecule is C1=Cc2cc3nc(-c4cccc5cc6cc7ccc8cc9cc%10cc%11ccccc%11cc%10cc9cc8c7cc6cc45)c(nc4nc(cc5ccc(cc1n2)[nH]5)N=N4)[nH]3. The van der Waals surface area contributed by atoms with Gasteiger partial charge in [-0.1, -0.05) is 54.6 Å². The highest BCUT2D eigenvalue weighted by atomic mass is 15.3. The van der Waals surface area contributed by atoms with E-state index in [1.165, 1.54) is 59.2 Å². The van der Waals surface area contributed by atoms with E-state index in [4.69, 9.17) is 15.0 Å². The molecule has 8 bridgehead atoms. The second-order valence-corrected chi connectivity index (χ2v) is 15.2. The van der Waals surface area contributed by atoms with Crippen molar-refractivity contribution in [3.8, 4) is 11.3 Å². The summed E-state index contributed by atoms with van der Waals surface area (Å²) in [6.45, 7) is 0. The molecule has 0 amide bonds. The Morgan fingerprint density at radius 3 is 1.66 bits per heavy atom. The zero-order valence-electron chi connectivity index (χ0n) is 30.7. The number of imidazole rings is 1. The zero-order valence-corrected chi connectivity index (χ0v) is 30.7. The zero-order chi connectivity index (χ0) is 37.9. The Balaban J connectivity index is 1.02. The number of hydrogen-bond acceptors (Lipinski definition) is 6. The second-order valence-electron chi connectivity index (χ2n) is 15.2. The minimum atomic E-state index is 0.250. The molecular formula is C50H28N8. The molecule has 2 aliphatic rings. The first-order valence-electron chi connectivity index (χ1n) is 19.2. The Morgan fingerprint density at radius 1 is 0.362 bits per heavy atom. The number of nitrogens with one attached hydrogen (secondary N) is 2. The van der Waals surface area contributed by atoms with Gasteiger partial charge < -0.3 is 9.97 Å². The van der Waals surface area contributed by atoms with Gasteiger partial charge in [0, 0.05) is 28.7 Å². The van der Waals surface area contributed by atoms with Crippen molar-refractivity contribution in [1.29, 1.82) is 0 Å². The quantitative estimate of drug-likeness (QED) is 0.129. The average molecular weight is 741 g/mol. The highest BCUT2D eigenvalue weighted by Gasteiger charge is 2.15. The van der Waals surface area contributed by atoms with E-state index < -0.39 is 0 Å². The Labute approximate surface area is 328 Å². The highest BCUT2D eigenvalue weighted by Crippen LogP contribution is 2.38. The average Bonchev–Trinajstić information content (AvgIpc) is 4.06. The van der Waals surface area contributed by atoms with Crippen LogP contribution in [0.1, 0.15) is 11.4 Å². The van der Waals surface area contributed by atoms with Crippen LogP contribution in [-0.2, 0) is 0 Å². The number of benzene rings is 8. The first kappa shape index (κ1) is 31.1. The van der Waals surface area contributed by atoms with Gasteiger partial charge in [-0.15, -0.1) is 10.2 Å². The first-order valence-corrected chi connectivity index (χ1v) is 19.2. The molecule has 8 nitrogen and oxygen atoms in total. The summed E-state index contributed by atoms with van der Waals surface area (Å²) in [6.07, 6.45) is 3.98. The number of nitrogens with zero attached hydrogens (tertiary/aromatic N) is 6. The van der Waals surface area contributed by atoms with Crippen LogP contribution in [0.3, 0.4) is 0 Å². The van der Waals surface area contributed by atoms with E-state index in [0.717, 1.165) is 44.1 Å². The van der Waals surface area contributed by atoms with Crippen LogP contribution >= 0.6 is 0 Å². The number of hydrogen-bond donors (Lipinski definition) is 2. The Hall–Kier alpha value is -8.10. The Kier molecular flexibility index (Phi) is 6.29. The van der Waals surface area contributed by atoms with Crippen LogP contribution < -0.4 is 0 Å². The first-order chi connectivity index (χ1) is 28.6. The van der Waals surface area contributed by atoms with Crippen LogP contribution in [0.25, 0.3) is 121 Å². The van der Waals surface area contributed by atoms with Crippen molar-refractivity contribution >= 4 is 122 Å². The lowest BCUT2D eigenvalue weighted by molar-refractivity contribution is 1.20. The molecule has 5 heterocycles. The molecule has 2 N–H and O–H groups in total. The third-order valence-electron chi connectivity index (χ3n) is 11.5. The predicted octanol–water partition coefficient (Wildman–Crippen LogP) is 13.4. The molecule has 0 fully saturated rings. The van der Waals surface area contributed by atoms with E-state index >= 15 is 0 Å². The standard InChI is InChI=1S/C50H28N8/c1-2-5-28-15-33-20-36-21-44-31(18-35(36)19-32(33)14-27(28)4-1)9-8-30-17-34-16-29-6-3-7-42(43(29)22-37(34)23-45(30)44)48-49-54-46(53-48)25-40-12-10-38(51-40)24-39-11-13-41(52-39)26-47-55-50(56-49)58-57-47/h1-26,52H,(H,53,54,55,56,57,58). The monoisotopic (exact) mass is 740 g/mol. The molecule has 2 aliphatic heterocycles. The van der Waals surface area contributed by atoms with Crippen LogP contribution in [-0.4, -0.2) is 29.9 Å². The number of rotatable bonds is 1. The topological polar surface area (TPSA) is 108 Å². The fraction of sp³-hybridized carbons (Fsp3) is 0. The van der Waals surface area contributed by atoms with Gasteiger partial charge in [0.05, 0.1) is 11.4 Å². The van der Waals surface area contributed by atoms with E-state index in [2.05, 4.69) is 140 Å². The molecule has 268 valence electrons. The summed E-state index contributed by atoms with van der Waals surface area (Å²) in [4.78, 5) is 26.2. The van der Waals surface area contributed by atoms with Crippen LogP contribution in [0.2, 0.25) is 0 Å². The lowest BCUT2D eigenvalue weighted by Crippen LogP contribution is -1.86. The van der Waals surface area contributed by atoms with Crippen molar-refractivity contribution < 1.29 is 0 Å². The lowest BCUT2D eigenvalue weighted by Gasteiger charge is -2.11. The van der Waals surface area contributed by atoms with Gasteiger partial charge in [-0.3, -0.25) is 0 Å². The lowest BCUT2D eigenvalue weighted by atomic mass is 9.93. The van der Waals surface area contributed by atoms with Gasteiger partial charge in [-0.25, -0.2) is 9.97 Å². The summed E-state index contributed by atoms with van der Waals surface area (Å²) in [5, 5.41) is 25.5. The minimum Gasteiger partial charge on any atom is -0.355 e. The van der Waals surface area contributed by atoms with Crippen LogP contribution in [0, 0.1) is 0 Å². The molecule has 0 atom stereocenters. The largest absolute Gasteiger partial charge is 0.355 e.